The van der Waals surface area contributed by atoms with Crippen LogP contribution in [-0.2, 0) is 27.4 Å². The van der Waals surface area contributed by atoms with Crippen LogP contribution in [0.3, 0.4) is 0 Å². The summed E-state index contributed by atoms with van der Waals surface area (Å²) in [5.74, 6) is -0.268. The van der Waals surface area contributed by atoms with Gasteiger partial charge in [0.15, 0.2) is 12.2 Å². The van der Waals surface area contributed by atoms with Gasteiger partial charge in [-0.1, -0.05) is 40.9 Å². The third-order valence-electron chi connectivity index (χ3n) is 7.76. The van der Waals surface area contributed by atoms with Crippen LogP contribution < -0.4 is 20.1 Å². The highest BCUT2D eigenvalue weighted by Gasteiger charge is 2.16. The number of esters is 1. The van der Waals surface area contributed by atoms with Crippen LogP contribution in [0.5, 0.6) is 11.5 Å². The number of nitrogens with zero attached hydrogens (tertiary/aromatic N) is 2. The molecule has 0 radical (unpaired) electrons. The lowest BCUT2D eigenvalue weighted by molar-refractivity contribution is -0.150. The van der Waals surface area contributed by atoms with Crippen molar-refractivity contribution < 1.29 is 28.9 Å². The van der Waals surface area contributed by atoms with Crippen molar-refractivity contribution in [1.29, 1.82) is 0 Å². The Labute approximate surface area is 322 Å². The van der Waals surface area contributed by atoms with Crippen molar-refractivity contribution in [2.24, 2.45) is 0 Å². The number of halogens is 3. The van der Waals surface area contributed by atoms with Crippen molar-refractivity contribution in [2.75, 3.05) is 17.2 Å². The molecule has 274 valence electrons. The Morgan fingerprint density at radius 2 is 1.21 bits per heavy atom. The number of nitrogens with one attached hydrogen (secondary N) is 2. The molecule has 0 aliphatic heterocycles. The third kappa shape index (κ3) is 11.1. The minimum Gasteiger partial charge on any atom is -0.479 e. The molecule has 0 bridgehead atoms. The second kappa shape index (κ2) is 18.5. The van der Waals surface area contributed by atoms with Gasteiger partial charge in [-0.3, -0.25) is 9.97 Å². The number of carboxylic acid groups (broad SMARTS) is 1. The summed E-state index contributed by atoms with van der Waals surface area (Å²) in [6.07, 6.45) is -1.54. The number of carbonyl (C=O) groups excluding carboxylic acids is 1. The summed E-state index contributed by atoms with van der Waals surface area (Å²) in [5, 5.41) is 19.1. The van der Waals surface area contributed by atoms with Gasteiger partial charge in [0.1, 0.15) is 11.5 Å². The number of aliphatic carboxylic acids is 1. The predicted octanol–water partition coefficient (Wildman–Crippen LogP) is 9.84. The Kier molecular flexibility index (Phi) is 13.6. The van der Waals surface area contributed by atoms with Crippen LogP contribution in [0.2, 0.25) is 15.1 Å². The molecule has 10 nitrogen and oxygen atoms in total. The minimum absolute atomic E-state index is 0.338. The first kappa shape index (κ1) is 38.9. The molecule has 6 aromatic rings. The van der Waals surface area contributed by atoms with Crippen molar-refractivity contribution in [2.45, 2.75) is 46.1 Å². The monoisotopic (exact) mass is 774 g/mol. The summed E-state index contributed by atoms with van der Waals surface area (Å²) in [5.41, 5.74) is 5.17. The second-order valence-electron chi connectivity index (χ2n) is 11.7. The van der Waals surface area contributed by atoms with E-state index in [0.29, 0.717) is 46.3 Å². The normalized spacial score (nSPS) is 11.9. The lowest BCUT2D eigenvalue weighted by Crippen LogP contribution is -2.26. The second-order valence-corrected chi connectivity index (χ2v) is 13.0. The van der Waals surface area contributed by atoms with E-state index < -0.39 is 18.2 Å². The number of hydrogen-bond donors (Lipinski definition) is 3. The van der Waals surface area contributed by atoms with Crippen molar-refractivity contribution in [3.63, 3.8) is 0 Å². The quantitative estimate of drug-likeness (QED) is 0.0975. The lowest BCUT2D eigenvalue weighted by Gasteiger charge is -2.14. The topological polar surface area (TPSA) is 132 Å². The number of benzene rings is 4. The number of fused-ring (bicyclic) bond motifs is 2. The maximum absolute atomic E-state index is 11.6. The third-order valence-corrected chi connectivity index (χ3v) is 8.62. The maximum Gasteiger partial charge on any atom is 0.347 e. The molecule has 2 atom stereocenters. The molecule has 13 heteroatoms. The highest BCUT2D eigenvalue weighted by molar-refractivity contribution is 6.38. The zero-order valence-corrected chi connectivity index (χ0v) is 31.4. The molecule has 0 fully saturated rings. The summed E-state index contributed by atoms with van der Waals surface area (Å²) in [6, 6.07) is 31.4. The van der Waals surface area contributed by atoms with Gasteiger partial charge in [0, 0.05) is 32.2 Å². The largest absolute Gasteiger partial charge is 0.479 e. The summed E-state index contributed by atoms with van der Waals surface area (Å²) in [4.78, 5) is 31.6. The summed E-state index contributed by atoms with van der Waals surface area (Å²) >= 11 is 18.4. The fraction of sp³-hybridized carbons (Fsp3) is 0.200. The van der Waals surface area contributed by atoms with E-state index >= 15 is 0 Å². The van der Waals surface area contributed by atoms with Crippen LogP contribution in [0.4, 0.5) is 11.4 Å². The first-order valence-electron chi connectivity index (χ1n) is 16.7. The first-order chi connectivity index (χ1) is 25.5. The lowest BCUT2D eigenvalue weighted by atomic mass is 10.2. The average molecular weight is 776 g/mol. The number of anilines is 2. The molecule has 53 heavy (non-hydrogen) atoms. The molecule has 0 aliphatic carbocycles. The van der Waals surface area contributed by atoms with E-state index in [1.165, 1.54) is 6.92 Å². The standard InChI is InChI=1S/C21H21ClN2O3.C19H16Cl2N2O3/c1-3-26-21(25)14(2)27-17-10-7-15(8-11-17)23-13-16-9-12-18-19(22)5-4-6-20(18)24-16;1-11(19(24)25)26-15-5-2-13(3-6-15)22-10-14-4-7-16-17(21)8-12(20)9-18(16)23-14/h4-12,14,23H,3,13H2,1-2H3;2-9,11,22H,10H2,1H3,(H,24,25). The zero-order chi connectivity index (χ0) is 37.9. The predicted molar refractivity (Wildman–Crippen MR) is 211 cm³/mol. The van der Waals surface area contributed by atoms with E-state index in [-0.39, 0.29) is 5.97 Å². The van der Waals surface area contributed by atoms with E-state index in [4.69, 9.17) is 54.1 Å². The van der Waals surface area contributed by atoms with E-state index in [2.05, 4.69) is 20.6 Å². The van der Waals surface area contributed by atoms with E-state index in [9.17, 15) is 9.59 Å². The molecular formula is C40H37Cl3N4O6. The fourth-order valence-corrected chi connectivity index (χ4v) is 5.79. The minimum atomic E-state index is -1.00. The number of hydrogen-bond acceptors (Lipinski definition) is 9. The molecule has 6 rings (SSSR count). The van der Waals surface area contributed by atoms with Crippen molar-refractivity contribution >= 4 is 79.9 Å². The van der Waals surface area contributed by atoms with Gasteiger partial charge in [-0.15, -0.1) is 0 Å². The number of pyridine rings is 2. The Morgan fingerprint density at radius 3 is 1.75 bits per heavy atom. The smallest absolute Gasteiger partial charge is 0.347 e. The van der Waals surface area contributed by atoms with Gasteiger partial charge < -0.3 is 30.0 Å². The molecule has 4 aromatic carbocycles. The van der Waals surface area contributed by atoms with Gasteiger partial charge >= 0.3 is 11.9 Å². The SMILES string of the molecule is CC(Oc1ccc(NCc2ccc3c(Cl)cc(Cl)cc3n2)cc1)C(=O)O.CCOC(=O)C(C)Oc1ccc(NCc2ccc3c(Cl)cccc3n2)cc1. The highest BCUT2D eigenvalue weighted by Crippen LogP contribution is 2.27. The summed E-state index contributed by atoms with van der Waals surface area (Å²) < 4.78 is 15.8. The zero-order valence-electron chi connectivity index (χ0n) is 29.1. The fourth-order valence-electron chi connectivity index (χ4n) is 5.01. The molecular weight excluding hydrogens is 739 g/mol. The van der Waals surface area contributed by atoms with Gasteiger partial charge in [0.25, 0.3) is 0 Å². The molecule has 0 spiro atoms. The van der Waals surface area contributed by atoms with Crippen LogP contribution in [0, 0.1) is 0 Å². The van der Waals surface area contributed by atoms with Crippen LogP contribution in [0.25, 0.3) is 21.8 Å². The van der Waals surface area contributed by atoms with Crippen LogP contribution >= 0.6 is 34.8 Å². The van der Waals surface area contributed by atoms with Crippen molar-refractivity contribution in [3.05, 3.63) is 130 Å². The van der Waals surface area contributed by atoms with Crippen molar-refractivity contribution in [1.82, 2.24) is 9.97 Å². The Hall–Kier alpha value is -5.29. The molecule has 3 N–H and O–H groups in total. The average Bonchev–Trinajstić information content (AvgIpc) is 3.14. The highest BCUT2D eigenvalue weighted by atomic mass is 35.5. The number of aromatic nitrogens is 2. The van der Waals surface area contributed by atoms with Crippen LogP contribution in [0.1, 0.15) is 32.2 Å². The molecule has 0 amide bonds. The van der Waals surface area contributed by atoms with Gasteiger partial charge in [-0.25, -0.2) is 9.59 Å². The maximum atomic E-state index is 11.6. The van der Waals surface area contributed by atoms with Crippen LogP contribution in [-0.4, -0.2) is 45.8 Å². The van der Waals surface area contributed by atoms with Gasteiger partial charge in [-0.2, -0.15) is 0 Å². The molecule has 0 saturated heterocycles. The Morgan fingerprint density at radius 1 is 0.679 bits per heavy atom. The number of ether oxygens (including phenoxy) is 3. The number of carboxylic acids is 1. The summed E-state index contributed by atoms with van der Waals surface area (Å²) in [7, 11) is 0. The van der Waals surface area contributed by atoms with Crippen molar-refractivity contribution in [3.8, 4) is 11.5 Å². The Bertz CT molecular complexity index is 2190. The van der Waals surface area contributed by atoms with E-state index in [1.807, 2.05) is 78.9 Å². The molecule has 2 unspecified atom stereocenters. The van der Waals surface area contributed by atoms with Gasteiger partial charge in [-0.05, 0) is 118 Å². The molecule has 2 heterocycles. The van der Waals surface area contributed by atoms with E-state index in [1.54, 1.807) is 38.1 Å². The molecule has 0 saturated carbocycles. The van der Waals surface area contributed by atoms with Crippen LogP contribution in [0.15, 0.2) is 103 Å². The number of carbonyl (C=O) groups is 2. The first-order valence-corrected chi connectivity index (χ1v) is 17.8. The van der Waals surface area contributed by atoms with Gasteiger partial charge in [0.05, 0.1) is 47.1 Å². The van der Waals surface area contributed by atoms with Gasteiger partial charge in [0.2, 0.25) is 0 Å². The molecule has 2 aromatic heterocycles. The molecule has 0 aliphatic rings. The van der Waals surface area contributed by atoms with E-state index in [0.717, 1.165) is 44.6 Å². The summed E-state index contributed by atoms with van der Waals surface area (Å²) in [6.45, 7) is 6.36. The number of rotatable bonds is 13. The Balaban J connectivity index is 0.000000204.